The molecule has 0 fully saturated rings. The van der Waals surface area contributed by atoms with E-state index in [4.69, 9.17) is 0 Å². The van der Waals surface area contributed by atoms with E-state index in [-0.39, 0.29) is 5.91 Å². The molecule has 0 unspecified atom stereocenters. The minimum atomic E-state index is 0.0574. The fraction of sp³-hybridized carbons (Fsp3) is 0.235. The lowest BCUT2D eigenvalue weighted by Gasteiger charge is -2.11. The van der Waals surface area contributed by atoms with Gasteiger partial charge >= 0.3 is 0 Å². The molecule has 0 radical (unpaired) electrons. The third kappa shape index (κ3) is 4.60. The summed E-state index contributed by atoms with van der Waals surface area (Å²) in [5.74, 6) is 0.0574. The molecule has 0 atom stereocenters. The van der Waals surface area contributed by atoms with E-state index < -0.39 is 0 Å². The first-order chi connectivity index (χ1) is 10.1. The lowest BCUT2D eigenvalue weighted by Crippen LogP contribution is -2.10. The zero-order chi connectivity index (χ0) is 15.2. The Kier molecular flexibility index (Phi) is 5.39. The molecule has 0 aromatic heterocycles. The molecule has 2 aromatic rings. The Hall–Kier alpha value is -1.81. The van der Waals surface area contributed by atoms with Gasteiger partial charge in [0.25, 0.3) is 0 Å². The number of carbonyl (C=O) groups excluding carboxylic acids is 1. The SMILES string of the molecule is CCCC(=O)Nc1ccc(Nc2ccc(Br)cc2C)cc1. The van der Waals surface area contributed by atoms with Crippen LogP contribution in [0.2, 0.25) is 0 Å². The van der Waals surface area contributed by atoms with E-state index in [1.165, 1.54) is 5.56 Å². The normalized spacial score (nSPS) is 10.2. The second-order valence-electron chi connectivity index (χ2n) is 4.96. The molecule has 3 nitrogen and oxygen atoms in total. The molecule has 0 saturated carbocycles. The molecule has 0 aliphatic heterocycles. The zero-order valence-electron chi connectivity index (χ0n) is 12.2. The van der Waals surface area contributed by atoms with Gasteiger partial charge in [0, 0.05) is 28.0 Å². The van der Waals surface area contributed by atoms with Crippen LogP contribution in [0.4, 0.5) is 17.1 Å². The first-order valence-corrected chi connectivity index (χ1v) is 7.81. The van der Waals surface area contributed by atoms with E-state index in [9.17, 15) is 4.79 Å². The van der Waals surface area contributed by atoms with Gasteiger partial charge in [0.15, 0.2) is 0 Å². The van der Waals surface area contributed by atoms with Crippen molar-refractivity contribution in [3.8, 4) is 0 Å². The monoisotopic (exact) mass is 346 g/mol. The first kappa shape index (κ1) is 15.6. The van der Waals surface area contributed by atoms with Gasteiger partial charge in [-0.1, -0.05) is 22.9 Å². The molecule has 0 heterocycles. The van der Waals surface area contributed by atoms with Crippen molar-refractivity contribution in [3.05, 3.63) is 52.5 Å². The van der Waals surface area contributed by atoms with Crippen molar-refractivity contribution in [1.82, 2.24) is 0 Å². The highest BCUT2D eigenvalue weighted by molar-refractivity contribution is 9.10. The quantitative estimate of drug-likeness (QED) is 0.777. The van der Waals surface area contributed by atoms with Crippen LogP contribution < -0.4 is 10.6 Å². The van der Waals surface area contributed by atoms with E-state index in [0.29, 0.717) is 6.42 Å². The Balaban J connectivity index is 2.03. The summed E-state index contributed by atoms with van der Waals surface area (Å²) in [5, 5.41) is 6.25. The van der Waals surface area contributed by atoms with Crippen LogP contribution in [0.5, 0.6) is 0 Å². The van der Waals surface area contributed by atoms with Gasteiger partial charge in [0.2, 0.25) is 5.91 Å². The largest absolute Gasteiger partial charge is 0.355 e. The van der Waals surface area contributed by atoms with E-state index in [1.54, 1.807) is 0 Å². The second-order valence-corrected chi connectivity index (χ2v) is 5.88. The number of hydrogen-bond acceptors (Lipinski definition) is 2. The van der Waals surface area contributed by atoms with Crippen LogP contribution in [-0.4, -0.2) is 5.91 Å². The molecule has 21 heavy (non-hydrogen) atoms. The number of halogens is 1. The van der Waals surface area contributed by atoms with Gasteiger partial charge in [-0.25, -0.2) is 0 Å². The minimum Gasteiger partial charge on any atom is -0.355 e. The van der Waals surface area contributed by atoms with E-state index in [0.717, 1.165) is 28.0 Å². The Morgan fingerprint density at radius 2 is 1.76 bits per heavy atom. The Morgan fingerprint density at radius 1 is 1.10 bits per heavy atom. The van der Waals surface area contributed by atoms with Crippen molar-refractivity contribution < 1.29 is 4.79 Å². The van der Waals surface area contributed by atoms with Crippen LogP contribution in [0.3, 0.4) is 0 Å². The molecule has 1 amide bonds. The number of carbonyl (C=O) groups is 1. The smallest absolute Gasteiger partial charge is 0.224 e. The van der Waals surface area contributed by atoms with Crippen molar-refractivity contribution >= 4 is 38.9 Å². The van der Waals surface area contributed by atoms with Crippen molar-refractivity contribution in [3.63, 3.8) is 0 Å². The molecule has 2 rings (SSSR count). The molecule has 2 N–H and O–H groups in total. The standard InChI is InChI=1S/C17H19BrN2O/c1-3-4-17(21)20-15-8-6-14(7-9-15)19-16-10-5-13(18)11-12(16)2/h5-11,19H,3-4H2,1-2H3,(H,20,21). The summed E-state index contributed by atoms with van der Waals surface area (Å²) in [5.41, 5.74) is 4.06. The predicted octanol–water partition coefficient (Wildman–Crippen LogP) is 5.24. The Bertz CT molecular complexity index is 623. The summed E-state index contributed by atoms with van der Waals surface area (Å²) >= 11 is 3.46. The van der Waals surface area contributed by atoms with Gasteiger partial charge < -0.3 is 10.6 Å². The zero-order valence-corrected chi connectivity index (χ0v) is 13.8. The summed E-state index contributed by atoms with van der Waals surface area (Å²) in [7, 11) is 0. The lowest BCUT2D eigenvalue weighted by atomic mass is 10.2. The Labute approximate surface area is 133 Å². The van der Waals surface area contributed by atoms with Gasteiger partial charge in [0.1, 0.15) is 0 Å². The molecule has 0 spiro atoms. The van der Waals surface area contributed by atoms with Gasteiger partial charge in [-0.05, 0) is 61.4 Å². The van der Waals surface area contributed by atoms with Crippen LogP contribution in [0.25, 0.3) is 0 Å². The highest BCUT2D eigenvalue weighted by Gasteiger charge is 2.02. The number of hydrogen-bond donors (Lipinski definition) is 2. The summed E-state index contributed by atoms with van der Waals surface area (Å²) in [6.45, 7) is 4.06. The maximum absolute atomic E-state index is 11.5. The molecule has 2 aromatic carbocycles. The molecule has 110 valence electrons. The fourth-order valence-corrected chi connectivity index (χ4v) is 2.49. The minimum absolute atomic E-state index is 0.0574. The van der Waals surface area contributed by atoms with Crippen LogP contribution in [0.15, 0.2) is 46.9 Å². The lowest BCUT2D eigenvalue weighted by molar-refractivity contribution is -0.116. The number of aryl methyl sites for hydroxylation is 1. The molecule has 0 saturated heterocycles. The van der Waals surface area contributed by atoms with Gasteiger partial charge in [-0.15, -0.1) is 0 Å². The third-order valence-corrected chi connectivity index (χ3v) is 3.61. The summed E-state index contributed by atoms with van der Waals surface area (Å²) in [4.78, 5) is 11.5. The summed E-state index contributed by atoms with van der Waals surface area (Å²) < 4.78 is 1.07. The highest BCUT2D eigenvalue weighted by Crippen LogP contribution is 2.24. The van der Waals surface area contributed by atoms with Crippen LogP contribution in [0, 0.1) is 6.92 Å². The second kappa shape index (κ2) is 7.27. The average Bonchev–Trinajstić information content (AvgIpc) is 2.44. The number of anilines is 3. The predicted molar refractivity (Wildman–Crippen MR) is 92.1 cm³/mol. The average molecular weight is 347 g/mol. The van der Waals surface area contributed by atoms with Gasteiger partial charge in [0.05, 0.1) is 0 Å². The van der Waals surface area contributed by atoms with Crippen LogP contribution in [-0.2, 0) is 4.79 Å². The first-order valence-electron chi connectivity index (χ1n) is 7.01. The fourth-order valence-electron chi connectivity index (χ4n) is 2.01. The van der Waals surface area contributed by atoms with E-state index >= 15 is 0 Å². The van der Waals surface area contributed by atoms with Gasteiger partial charge in [-0.3, -0.25) is 4.79 Å². The number of benzene rings is 2. The van der Waals surface area contributed by atoms with Crippen molar-refractivity contribution in [2.24, 2.45) is 0 Å². The third-order valence-electron chi connectivity index (χ3n) is 3.11. The molecule has 4 heteroatoms. The molecule has 0 bridgehead atoms. The topological polar surface area (TPSA) is 41.1 Å². The molecule has 0 aliphatic rings. The molecular formula is C17H19BrN2O. The van der Waals surface area contributed by atoms with Crippen LogP contribution >= 0.6 is 15.9 Å². The maximum atomic E-state index is 11.5. The van der Waals surface area contributed by atoms with Crippen molar-refractivity contribution in [1.29, 1.82) is 0 Å². The van der Waals surface area contributed by atoms with Crippen LogP contribution in [0.1, 0.15) is 25.3 Å². The molecule has 0 aliphatic carbocycles. The Morgan fingerprint density at radius 3 is 2.38 bits per heavy atom. The summed E-state index contributed by atoms with van der Waals surface area (Å²) in [6, 6.07) is 13.9. The van der Waals surface area contributed by atoms with E-state index in [1.807, 2.05) is 43.3 Å². The van der Waals surface area contributed by atoms with Crippen molar-refractivity contribution in [2.75, 3.05) is 10.6 Å². The number of rotatable bonds is 5. The maximum Gasteiger partial charge on any atom is 0.224 e. The van der Waals surface area contributed by atoms with E-state index in [2.05, 4.69) is 39.6 Å². The van der Waals surface area contributed by atoms with Crippen molar-refractivity contribution in [2.45, 2.75) is 26.7 Å². The van der Waals surface area contributed by atoms with Gasteiger partial charge in [-0.2, -0.15) is 0 Å². The highest BCUT2D eigenvalue weighted by atomic mass is 79.9. The summed E-state index contributed by atoms with van der Waals surface area (Å²) in [6.07, 6.45) is 1.41. The molecular weight excluding hydrogens is 328 g/mol. The number of nitrogens with one attached hydrogen (secondary N) is 2. The number of amides is 1.